The Hall–Kier alpha value is -2.38. The summed E-state index contributed by atoms with van der Waals surface area (Å²) >= 11 is 5.97. The molecule has 148 valence electrons. The first-order valence-electron chi connectivity index (χ1n) is 8.94. The fraction of sp³-hybridized carbons (Fsp3) is 0.300. The molecule has 8 heteroatoms. The number of aliphatic carboxylic acids is 1. The number of benzene rings is 1. The summed E-state index contributed by atoms with van der Waals surface area (Å²) in [7, 11) is -3.89. The van der Waals surface area contributed by atoms with Crippen molar-refractivity contribution in [1.29, 1.82) is 0 Å². The maximum absolute atomic E-state index is 13.5. The molecule has 0 aliphatic rings. The first-order valence-corrected chi connectivity index (χ1v) is 10.8. The largest absolute Gasteiger partial charge is 0.481 e. The lowest BCUT2D eigenvalue weighted by Crippen LogP contribution is -2.16. The third kappa shape index (κ3) is 4.05. The molecular weight excluding hydrogens is 400 g/mol. The lowest BCUT2D eigenvalue weighted by atomic mass is 10.0. The van der Waals surface area contributed by atoms with E-state index in [0.29, 0.717) is 29.6 Å². The summed E-state index contributed by atoms with van der Waals surface area (Å²) in [5, 5.41) is 9.17. The van der Waals surface area contributed by atoms with Crippen molar-refractivity contribution in [2.24, 2.45) is 0 Å². The van der Waals surface area contributed by atoms with Gasteiger partial charge in [-0.15, -0.1) is 0 Å². The van der Waals surface area contributed by atoms with E-state index in [2.05, 4.69) is 4.98 Å². The van der Waals surface area contributed by atoms with E-state index >= 15 is 0 Å². The number of halogens is 1. The van der Waals surface area contributed by atoms with Crippen molar-refractivity contribution < 1.29 is 18.3 Å². The van der Waals surface area contributed by atoms with Crippen molar-refractivity contribution in [1.82, 2.24) is 8.96 Å². The summed E-state index contributed by atoms with van der Waals surface area (Å²) in [6.45, 7) is 4.00. The van der Waals surface area contributed by atoms with Gasteiger partial charge in [0.05, 0.1) is 15.9 Å². The average molecular weight is 421 g/mol. The molecule has 1 N–H and O–H groups in total. The summed E-state index contributed by atoms with van der Waals surface area (Å²) in [6, 6.07) is 11.7. The van der Waals surface area contributed by atoms with E-state index < -0.39 is 16.0 Å². The van der Waals surface area contributed by atoms with Crippen molar-refractivity contribution in [2.75, 3.05) is 0 Å². The summed E-state index contributed by atoms with van der Waals surface area (Å²) in [4.78, 5) is 15.3. The van der Waals surface area contributed by atoms with Crippen LogP contribution in [0.2, 0.25) is 5.15 Å². The molecule has 0 unspecified atom stereocenters. The van der Waals surface area contributed by atoms with Gasteiger partial charge in [-0.25, -0.2) is 17.4 Å². The Balaban J connectivity index is 2.16. The number of hydrogen-bond acceptors (Lipinski definition) is 4. The number of pyridine rings is 1. The van der Waals surface area contributed by atoms with Crippen LogP contribution in [-0.4, -0.2) is 28.5 Å². The second-order valence-electron chi connectivity index (χ2n) is 6.92. The van der Waals surface area contributed by atoms with E-state index in [1.54, 1.807) is 36.4 Å². The maximum atomic E-state index is 13.5. The average Bonchev–Trinajstić information content (AvgIpc) is 2.99. The second-order valence-corrected chi connectivity index (χ2v) is 9.09. The third-order valence-corrected chi connectivity index (χ3v) is 6.51. The Morgan fingerprint density at radius 1 is 1.21 bits per heavy atom. The van der Waals surface area contributed by atoms with Gasteiger partial charge in [0.2, 0.25) is 0 Å². The number of fused-ring (bicyclic) bond motifs is 1. The van der Waals surface area contributed by atoms with Crippen LogP contribution in [0.1, 0.15) is 43.9 Å². The maximum Gasteiger partial charge on any atom is 0.303 e. The number of nitrogens with zero attached hydrogens (tertiary/aromatic N) is 2. The zero-order valence-corrected chi connectivity index (χ0v) is 17.2. The van der Waals surface area contributed by atoms with Crippen LogP contribution in [0.4, 0.5) is 0 Å². The Labute approximate surface area is 168 Å². The molecule has 2 aromatic heterocycles. The molecule has 0 bridgehead atoms. The molecular formula is C20H21ClN2O4S. The first-order chi connectivity index (χ1) is 13.2. The number of carboxylic acid groups (broad SMARTS) is 1. The minimum Gasteiger partial charge on any atom is -0.481 e. The van der Waals surface area contributed by atoms with Crippen molar-refractivity contribution in [2.45, 2.75) is 43.9 Å². The standard InChI is InChI=1S/C20H21ClN2O4S/c1-13(2)14-5-3-7-16(11-14)28(26,27)23-15(6-4-8-20(24)25)12-17-18(23)9-10-19(21)22-17/h3,5,7,9-13H,4,6,8H2,1-2H3,(H,24,25). The summed E-state index contributed by atoms with van der Waals surface area (Å²) < 4.78 is 28.2. The molecule has 1 aromatic carbocycles. The lowest BCUT2D eigenvalue weighted by molar-refractivity contribution is -0.137. The molecule has 28 heavy (non-hydrogen) atoms. The van der Waals surface area contributed by atoms with Crippen molar-refractivity contribution >= 4 is 38.6 Å². The Morgan fingerprint density at radius 3 is 2.64 bits per heavy atom. The minimum atomic E-state index is -3.89. The van der Waals surface area contributed by atoms with Gasteiger partial charge in [0, 0.05) is 12.1 Å². The van der Waals surface area contributed by atoms with Crippen LogP contribution in [0.5, 0.6) is 0 Å². The van der Waals surface area contributed by atoms with E-state index in [0.717, 1.165) is 5.56 Å². The highest BCUT2D eigenvalue weighted by Crippen LogP contribution is 2.28. The van der Waals surface area contributed by atoms with Crippen LogP contribution in [0, 0.1) is 0 Å². The monoisotopic (exact) mass is 420 g/mol. The van der Waals surface area contributed by atoms with Crippen molar-refractivity contribution in [3.05, 3.63) is 58.9 Å². The molecule has 2 heterocycles. The van der Waals surface area contributed by atoms with Crippen LogP contribution in [-0.2, 0) is 21.2 Å². The van der Waals surface area contributed by atoms with Gasteiger partial charge in [0.25, 0.3) is 10.0 Å². The Kier molecular flexibility index (Phi) is 5.76. The predicted octanol–water partition coefficient (Wildman–Crippen LogP) is 4.46. The van der Waals surface area contributed by atoms with Crippen LogP contribution < -0.4 is 0 Å². The number of hydrogen-bond donors (Lipinski definition) is 1. The van der Waals surface area contributed by atoms with Crippen LogP contribution in [0.25, 0.3) is 11.0 Å². The first kappa shape index (κ1) is 20.4. The minimum absolute atomic E-state index is 0.0431. The quantitative estimate of drug-likeness (QED) is 0.570. The molecule has 0 fully saturated rings. The predicted molar refractivity (Wildman–Crippen MR) is 108 cm³/mol. The summed E-state index contributed by atoms with van der Waals surface area (Å²) in [5.74, 6) is -0.733. The smallest absolute Gasteiger partial charge is 0.303 e. The molecule has 0 saturated heterocycles. The van der Waals surface area contributed by atoms with Gasteiger partial charge in [-0.2, -0.15) is 0 Å². The third-order valence-electron chi connectivity index (χ3n) is 4.54. The van der Waals surface area contributed by atoms with E-state index in [4.69, 9.17) is 16.7 Å². The van der Waals surface area contributed by atoms with Gasteiger partial charge < -0.3 is 5.11 Å². The second kappa shape index (κ2) is 7.93. The fourth-order valence-corrected chi connectivity index (χ4v) is 4.88. The molecule has 0 aliphatic heterocycles. The molecule has 3 aromatic rings. The van der Waals surface area contributed by atoms with Crippen LogP contribution >= 0.6 is 11.6 Å². The van der Waals surface area contributed by atoms with Gasteiger partial charge in [-0.1, -0.05) is 37.6 Å². The Bertz CT molecular complexity index is 1140. The summed E-state index contributed by atoms with van der Waals surface area (Å²) in [5.41, 5.74) is 2.29. The van der Waals surface area contributed by atoms with Crippen molar-refractivity contribution in [3.63, 3.8) is 0 Å². The zero-order valence-electron chi connectivity index (χ0n) is 15.6. The van der Waals surface area contributed by atoms with Gasteiger partial charge in [0.1, 0.15) is 5.15 Å². The number of aryl methyl sites for hydroxylation is 1. The van der Waals surface area contributed by atoms with Gasteiger partial charge in [0.15, 0.2) is 0 Å². The molecule has 0 saturated carbocycles. The number of carboxylic acids is 1. The van der Waals surface area contributed by atoms with Gasteiger partial charge >= 0.3 is 5.97 Å². The highest BCUT2D eigenvalue weighted by Gasteiger charge is 2.24. The SMILES string of the molecule is CC(C)c1cccc(S(=O)(=O)n2c(CCCC(=O)O)cc3nc(Cl)ccc32)c1. The zero-order chi connectivity index (χ0) is 20.5. The topological polar surface area (TPSA) is 89.3 Å². The molecule has 0 amide bonds. The Morgan fingerprint density at radius 2 is 1.96 bits per heavy atom. The van der Waals surface area contributed by atoms with Gasteiger partial charge in [-0.3, -0.25) is 4.79 Å². The van der Waals surface area contributed by atoms with E-state index in [9.17, 15) is 13.2 Å². The number of rotatable bonds is 7. The molecule has 0 atom stereocenters. The van der Waals surface area contributed by atoms with E-state index in [1.165, 1.54) is 3.97 Å². The lowest BCUT2D eigenvalue weighted by Gasteiger charge is -2.13. The normalized spacial score (nSPS) is 12.0. The highest BCUT2D eigenvalue weighted by molar-refractivity contribution is 7.90. The molecule has 0 radical (unpaired) electrons. The van der Waals surface area contributed by atoms with E-state index in [-0.39, 0.29) is 22.4 Å². The molecule has 3 rings (SSSR count). The molecule has 0 aliphatic carbocycles. The van der Waals surface area contributed by atoms with E-state index in [1.807, 2.05) is 19.9 Å². The van der Waals surface area contributed by atoms with Gasteiger partial charge in [-0.05, 0) is 54.7 Å². The summed E-state index contributed by atoms with van der Waals surface area (Å²) in [6.07, 6.45) is 0.572. The fourth-order valence-electron chi connectivity index (χ4n) is 3.11. The molecule has 6 nitrogen and oxygen atoms in total. The number of carbonyl (C=O) groups is 1. The number of aromatic nitrogens is 2. The van der Waals surface area contributed by atoms with Crippen LogP contribution in [0.3, 0.4) is 0 Å². The van der Waals surface area contributed by atoms with Crippen LogP contribution in [0.15, 0.2) is 47.4 Å². The highest BCUT2D eigenvalue weighted by atomic mass is 35.5. The molecule has 0 spiro atoms. The van der Waals surface area contributed by atoms with Crippen molar-refractivity contribution in [3.8, 4) is 0 Å².